The third-order valence-corrected chi connectivity index (χ3v) is 21.4. The maximum Gasteiger partial charge on any atom is 0.375 e. The first-order chi connectivity index (χ1) is 33.5. The number of carbonyl (C=O) groups is 7. The predicted octanol–water partition coefficient (Wildman–Crippen LogP) is 9.12. The molecule has 12 rings (SSSR count). The summed E-state index contributed by atoms with van der Waals surface area (Å²) in [5.41, 5.74) is -3.57. The van der Waals surface area contributed by atoms with Crippen molar-refractivity contribution < 1.29 is 61.3 Å². The van der Waals surface area contributed by atoms with Gasteiger partial charge in [0.25, 0.3) is 5.24 Å². The van der Waals surface area contributed by atoms with Crippen LogP contribution in [-0.2, 0) is 38.1 Å². The first-order valence-electron chi connectivity index (χ1n) is 25.0. The SMILES string of the molecule is C[C@@H]1CC2C3CCC4=CC(=O)C=C[C@]4(C)[C@@]34O[C@H]4C[C@]2(C)[C@@]1(OC(=O)c1ccco1)C(=O)S.C[C@@H]1CC2C3CCC4=CC(=O)C=C[C@]4(C)[C@@]34O[C@H]4C[C@]2(C)[C@@]1(OC(=O)c1ccco1)C(=O)SC(=O)N(C)C. The number of nitrogens with zero attached hydrogens (tertiary/aromatic N) is 1. The minimum Gasteiger partial charge on any atom is -0.457 e. The lowest BCUT2D eigenvalue weighted by Gasteiger charge is -2.56. The number of epoxide rings is 2. The minimum atomic E-state index is -1.54. The van der Waals surface area contributed by atoms with Crippen molar-refractivity contribution in [3.05, 3.63) is 95.9 Å². The number of fused-ring (bicyclic) bond motifs is 6. The molecule has 4 unspecified atom stereocenters. The van der Waals surface area contributed by atoms with Gasteiger partial charge in [0.05, 0.1) is 24.7 Å². The molecule has 0 aromatic carbocycles. The highest BCUT2D eigenvalue weighted by molar-refractivity contribution is 8.26. The molecule has 0 N–H and O–H groups in total. The number of ketones is 2. The van der Waals surface area contributed by atoms with Crippen LogP contribution < -0.4 is 0 Å². The van der Waals surface area contributed by atoms with Crippen LogP contribution in [0.5, 0.6) is 0 Å². The van der Waals surface area contributed by atoms with Crippen molar-refractivity contribution in [3.63, 3.8) is 0 Å². The monoisotopic (exact) mass is 1010 g/mol. The maximum atomic E-state index is 14.2. The lowest BCUT2D eigenvalue weighted by molar-refractivity contribution is -0.156. The van der Waals surface area contributed by atoms with Crippen LogP contribution in [0.2, 0.25) is 0 Å². The zero-order chi connectivity index (χ0) is 50.6. The Bertz CT molecular complexity index is 2810. The summed E-state index contributed by atoms with van der Waals surface area (Å²) in [6.45, 7) is 12.4. The molecule has 6 saturated carbocycles. The fourth-order valence-electron chi connectivity index (χ4n) is 16.8. The number of hydrogen-bond acceptors (Lipinski definition) is 14. The van der Waals surface area contributed by atoms with E-state index in [9.17, 15) is 33.6 Å². The Kier molecular flexibility index (Phi) is 10.8. The normalized spacial score (nSPS) is 44.5. The van der Waals surface area contributed by atoms with E-state index in [1.165, 1.54) is 23.5 Å². The molecule has 16 atom stereocenters. The lowest BCUT2D eigenvalue weighted by Crippen LogP contribution is -2.63. The summed E-state index contributed by atoms with van der Waals surface area (Å²) in [6.07, 6.45) is 19.3. The van der Waals surface area contributed by atoms with Crippen molar-refractivity contribution in [1.29, 1.82) is 0 Å². The van der Waals surface area contributed by atoms with E-state index >= 15 is 0 Å². The van der Waals surface area contributed by atoms with Crippen molar-refractivity contribution in [2.45, 2.75) is 128 Å². The average molecular weight is 1010 g/mol. The van der Waals surface area contributed by atoms with E-state index in [1.54, 1.807) is 56.6 Å². The van der Waals surface area contributed by atoms with Crippen molar-refractivity contribution >= 4 is 63.4 Å². The molecule has 2 aliphatic heterocycles. The van der Waals surface area contributed by atoms with Gasteiger partial charge >= 0.3 is 11.9 Å². The first-order valence-corrected chi connectivity index (χ1v) is 26.2. The second kappa shape index (κ2) is 15.9. The van der Waals surface area contributed by atoms with Crippen LogP contribution in [0, 0.1) is 57.2 Å². The van der Waals surface area contributed by atoms with Gasteiger partial charge < -0.3 is 32.7 Å². The second-order valence-corrected chi connectivity index (χ2v) is 24.4. The van der Waals surface area contributed by atoms with Gasteiger partial charge in [-0.05, 0) is 137 Å². The highest BCUT2D eigenvalue weighted by Gasteiger charge is 2.85. The molecular formula is C55H61NO13S2. The van der Waals surface area contributed by atoms with E-state index in [4.69, 9.17) is 27.8 Å². The van der Waals surface area contributed by atoms with E-state index < -0.39 is 60.5 Å². The molecule has 16 heteroatoms. The number of thioether (sulfide) groups is 1. The standard InChI is InChI=1S/C29H33NO7S.C26H28O6S/c1-16-13-20-19-9-8-17-14-18(31)10-11-26(17,2)29(19)22(36-29)15-27(20,3)28(16,24(33)38-25(34)30(4)5)37-23(32)21-7-6-12-35-21;1-14-11-18-17-7-6-15-12-16(27)8-9-23(15,2)26(17)20(31-26)13-24(18,3)25(14,22(29)33)32-21(28)19-5-4-10-30-19/h6-7,10-12,14,16,19-20,22H,8-9,13,15H2,1-5H3;4-5,8-10,12,14,17-18,20H,6-7,11,13H2,1-3H3,(H,29,33)/t16-,19?,20?,22+,26+,27+,28+,29-;14-,17?,18?,20+,23+,24+,25+,26-/m11/s1. The highest BCUT2D eigenvalue weighted by atomic mass is 32.2. The molecule has 2 aromatic rings. The molecule has 71 heavy (non-hydrogen) atoms. The van der Waals surface area contributed by atoms with Crippen LogP contribution in [0.3, 0.4) is 0 Å². The summed E-state index contributed by atoms with van der Waals surface area (Å²) in [5.74, 6) is -1.28. The van der Waals surface area contributed by atoms with Crippen molar-refractivity contribution in [1.82, 2.24) is 4.90 Å². The van der Waals surface area contributed by atoms with E-state index in [2.05, 4.69) is 33.4 Å². The third kappa shape index (κ3) is 6.19. The number of esters is 2. The van der Waals surface area contributed by atoms with E-state index in [0.29, 0.717) is 31.0 Å². The van der Waals surface area contributed by atoms with Crippen molar-refractivity contribution in [3.8, 4) is 0 Å². The second-order valence-electron chi connectivity index (χ2n) is 23.1. The van der Waals surface area contributed by atoms with Crippen LogP contribution >= 0.6 is 24.4 Å². The van der Waals surface area contributed by atoms with Crippen LogP contribution in [0.15, 0.2) is 93.2 Å². The van der Waals surface area contributed by atoms with Gasteiger partial charge in [0.15, 0.2) is 22.8 Å². The summed E-state index contributed by atoms with van der Waals surface area (Å²) < 4.78 is 36.1. The minimum absolute atomic E-state index is 0.0108. The van der Waals surface area contributed by atoms with E-state index in [-0.39, 0.29) is 81.8 Å². The number of allylic oxidation sites excluding steroid dienone is 4. The molecule has 0 bridgehead atoms. The number of rotatable bonds is 6. The van der Waals surface area contributed by atoms with Gasteiger partial charge in [-0.2, -0.15) is 0 Å². The van der Waals surface area contributed by atoms with Gasteiger partial charge in [-0.15, -0.1) is 12.6 Å². The Morgan fingerprint density at radius 2 is 1.11 bits per heavy atom. The molecule has 10 aliphatic rings. The molecule has 2 aromatic heterocycles. The van der Waals surface area contributed by atoms with E-state index in [0.717, 1.165) is 43.3 Å². The largest absolute Gasteiger partial charge is 0.457 e. The number of thiol groups is 1. The third-order valence-electron chi connectivity index (χ3n) is 20.1. The summed E-state index contributed by atoms with van der Waals surface area (Å²) in [6, 6.07) is 6.28. The predicted molar refractivity (Wildman–Crippen MR) is 261 cm³/mol. The summed E-state index contributed by atoms with van der Waals surface area (Å²) >= 11 is 4.90. The molecule has 376 valence electrons. The smallest absolute Gasteiger partial charge is 0.375 e. The number of ether oxygens (including phenoxy) is 4. The van der Waals surface area contributed by atoms with Crippen molar-refractivity contribution in [2.24, 2.45) is 57.2 Å². The lowest BCUT2D eigenvalue weighted by atomic mass is 9.47. The maximum absolute atomic E-state index is 14.2. The molecule has 2 spiro atoms. The molecule has 1 amide bonds. The molecule has 0 radical (unpaired) electrons. The Morgan fingerprint density at radius 3 is 1.54 bits per heavy atom. The first kappa shape index (κ1) is 48.5. The van der Waals surface area contributed by atoms with Crippen LogP contribution in [0.25, 0.3) is 0 Å². The Labute approximate surface area is 422 Å². The van der Waals surface area contributed by atoms with Crippen molar-refractivity contribution in [2.75, 3.05) is 14.1 Å². The van der Waals surface area contributed by atoms with Gasteiger partial charge in [-0.25, -0.2) is 9.59 Å². The van der Waals surface area contributed by atoms with Crippen LogP contribution in [0.4, 0.5) is 4.79 Å². The van der Waals surface area contributed by atoms with Gasteiger partial charge in [0.1, 0.15) is 11.2 Å². The van der Waals surface area contributed by atoms with Gasteiger partial charge in [-0.1, -0.05) is 51.0 Å². The number of hydrogen-bond donors (Lipinski definition) is 1. The summed E-state index contributed by atoms with van der Waals surface area (Å²) in [7, 11) is 3.19. The Balaban J connectivity index is 0.000000155. The number of carbonyl (C=O) groups excluding carboxylic acids is 7. The molecule has 14 nitrogen and oxygen atoms in total. The Morgan fingerprint density at radius 1 is 0.676 bits per heavy atom. The Hall–Kier alpha value is -4.77. The molecule has 8 aliphatic carbocycles. The molecule has 8 fully saturated rings. The highest BCUT2D eigenvalue weighted by Crippen LogP contribution is 2.79. The topological polar surface area (TPSA) is 193 Å². The van der Waals surface area contributed by atoms with Gasteiger partial charge in [0.2, 0.25) is 21.8 Å². The fourth-order valence-corrected chi connectivity index (χ4v) is 18.3. The molecular weight excluding hydrogens is 947 g/mol. The number of furan rings is 2. The van der Waals surface area contributed by atoms with Crippen LogP contribution in [-0.4, -0.2) is 92.6 Å². The average Bonchev–Trinajstić information content (AvgIpc) is 3.84. The van der Waals surface area contributed by atoms with Gasteiger partial charge in [0, 0.05) is 59.4 Å². The molecule has 4 heterocycles. The summed E-state index contributed by atoms with van der Waals surface area (Å²) in [4.78, 5) is 92.0. The zero-order valence-electron chi connectivity index (χ0n) is 41.3. The number of amides is 1. The molecule has 2 saturated heterocycles. The van der Waals surface area contributed by atoms with Crippen LogP contribution in [0.1, 0.15) is 114 Å². The van der Waals surface area contributed by atoms with E-state index in [1.807, 2.05) is 32.9 Å². The van der Waals surface area contributed by atoms with Gasteiger partial charge in [-0.3, -0.25) is 24.0 Å². The quantitative estimate of drug-likeness (QED) is 0.164. The fraction of sp³-hybridized carbons (Fsp3) is 0.582. The zero-order valence-corrected chi connectivity index (χ0v) is 43.0. The summed E-state index contributed by atoms with van der Waals surface area (Å²) in [5, 5.41) is -1.28.